The minimum Gasteiger partial charge on any atom is -0.493 e. The van der Waals surface area contributed by atoms with Crippen molar-refractivity contribution >= 4 is 52.3 Å². The van der Waals surface area contributed by atoms with Crippen molar-refractivity contribution in [2.24, 2.45) is 4.99 Å². The lowest BCUT2D eigenvalue weighted by Gasteiger charge is -2.25. The molecular formula is C36H28Cl2N2O5S. The van der Waals surface area contributed by atoms with Crippen LogP contribution in [-0.2, 0) is 16.1 Å². The fourth-order valence-electron chi connectivity index (χ4n) is 5.28. The van der Waals surface area contributed by atoms with Crippen molar-refractivity contribution < 1.29 is 19.0 Å². The second-order valence-corrected chi connectivity index (χ2v) is 12.1. The summed E-state index contributed by atoms with van der Waals surface area (Å²) in [5, 5.41) is 0.878. The molecule has 232 valence electrons. The van der Waals surface area contributed by atoms with Crippen LogP contribution in [0.5, 0.6) is 11.5 Å². The number of carbonyl (C=O) groups excluding carboxylic acids is 1. The second-order valence-electron chi connectivity index (χ2n) is 10.3. The lowest BCUT2D eigenvalue weighted by Crippen LogP contribution is -2.40. The van der Waals surface area contributed by atoms with E-state index in [9.17, 15) is 9.59 Å². The van der Waals surface area contributed by atoms with Crippen molar-refractivity contribution in [1.82, 2.24) is 4.57 Å². The molecule has 0 amide bonds. The molecule has 46 heavy (non-hydrogen) atoms. The van der Waals surface area contributed by atoms with Gasteiger partial charge in [0.15, 0.2) is 16.3 Å². The molecule has 1 aliphatic heterocycles. The zero-order chi connectivity index (χ0) is 32.2. The van der Waals surface area contributed by atoms with Gasteiger partial charge in [-0.1, -0.05) is 113 Å². The molecule has 0 fully saturated rings. The van der Waals surface area contributed by atoms with E-state index in [4.69, 9.17) is 42.4 Å². The largest absolute Gasteiger partial charge is 0.493 e. The monoisotopic (exact) mass is 670 g/mol. The molecule has 0 bridgehead atoms. The van der Waals surface area contributed by atoms with Crippen molar-refractivity contribution in [3.05, 3.63) is 155 Å². The number of aromatic nitrogens is 1. The Morgan fingerprint density at radius 2 is 1.70 bits per heavy atom. The minimum absolute atomic E-state index is 0.178. The summed E-state index contributed by atoms with van der Waals surface area (Å²) in [6.45, 7) is 2.12. The van der Waals surface area contributed by atoms with Gasteiger partial charge in [0.1, 0.15) is 6.61 Å². The first-order valence-electron chi connectivity index (χ1n) is 14.5. The number of thiazole rings is 1. The molecule has 4 aromatic carbocycles. The zero-order valence-corrected chi connectivity index (χ0v) is 27.2. The Balaban J connectivity index is 1.53. The highest BCUT2D eigenvalue weighted by Crippen LogP contribution is 2.36. The van der Waals surface area contributed by atoms with Gasteiger partial charge in [0.2, 0.25) is 0 Å². The third kappa shape index (κ3) is 6.24. The van der Waals surface area contributed by atoms with Crippen molar-refractivity contribution in [1.29, 1.82) is 0 Å². The van der Waals surface area contributed by atoms with Gasteiger partial charge in [0, 0.05) is 11.1 Å². The SMILES string of the molecule is CCOC(=O)C1=C(c2ccccc2)N=c2s/c(=C\c3cccc(OC)c3OCc3ccc(Cl)c(Cl)c3)c(=O)n2[C@H]1c1ccccc1. The summed E-state index contributed by atoms with van der Waals surface area (Å²) in [5.74, 6) is 0.428. The number of carbonyl (C=O) groups is 1. The molecule has 6 rings (SSSR count). The first-order chi connectivity index (χ1) is 22.4. The summed E-state index contributed by atoms with van der Waals surface area (Å²) < 4.78 is 19.4. The molecule has 5 aromatic rings. The number of benzene rings is 4. The van der Waals surface area contributed by atoms with Gasteiger partial charge in [-0.05, 0) is 42.3 Å². The number of hydrogen-bond donors (Lipinski definition) is 0. The lowest BCUT2D eigenvalue weighted by atomic mass is 9.93. The Bertz CT molecular complexity index is 2130. The van der Waals surface area contributed by atoms with Crippen LogP contribution in [0.2, 0.25) is 10.0 Å². The van der Waals surface area contributed by atoms with Gasteiger partial charge in [0.25, 0.3) is 5.56 Å². The van der Waals surface area contributed by atoms with Crippen LogP contribution in [0.1, 0.15) is 35.2 Å². The maximum Gasteiger partial charge on any atom is 0.338 e. The van der Waals surface area contributed by atoms with Crippen molar-refractivity contribution in [2.45, 2.75) is 19.6 Å². The molecule has 1 aliphatic rings. The maximum absolute atomic E-state index is 14.3. The van der Waals surface area contributed by atoms with E-state index in [-0.39, 0.29) is 18.8 Å². The van der Waals surface area contributed by atoms with Crippen molar-refractivity contribution in [3.63, 3.8) is 0 Å². The highest BCUT2D eigenvalue weighted by molar-refractivity contribution is 7.07. The summed E-state index contributed by atoms with van der Waals surface area (Å²) in [4.78, 5) is 33.3. The summed E-state index contributed by atoms with van der Waals surface area (Å²) in [6.07, 6.45) is 1.76. The molecule has 7 nitrogen and oxygen atoms in total. The Morgan fingerprint density at radius 3 is 2.39 bits per heavy atom. The van der Waals surface area contributed by atoms with E-state index in [0.717, 1.165) is 16.7 Å². The van der Waals surface area contributed by atoms with Crippen molar-refractivity contribution in [3.8, 4) is 11.5 Å². The standard InChI is InChI=1S/C36H28Cl2N2O5S/c1-3-44-35(42)30-31(23-11-6-4-7-12-23)39-36-40(32(30)24-13-8-5-9-14-24)34(41)29(46-36)20-25-15-10-16-28(43-2)33(25)45-21-22-17-18-26(37)27(38)19-22/h4-20,32H,3,21H2,1-2H3/b29-20-/t32-/m0/s1. The molecule has 0 radical (unpaired) electrons. The van der Waals surface area contributed by atoms with Crippen LogP contribution < -0.4 is 24.4 Å². The summed E-state index contributed by atoms with van der Waals surface area (Å²) in [6, 6.07) is 28.9. The number of halogens is 2. The van der Waals surface area contributed by atoms with Crippen LogP contribution in [0.15, 0.2) is 112 Å². The summed E-state index contributed by atoms with van der Waals surface area (Å²) >= 11 is 13.5. The lowest BCUT2D eigenvalue weighted by molar-refractivity contribution is -0.138. The predicted octanol–water partition coefficient (Wildman–Crippen LogP) is 6.83. The van der Waals surface area contributed by atoms with Crippen LogP contribution >= 0.6 is 34.5 Å². The minimum atomic E-state index is -0.760. The van der Waals surface area contributed by atoms with Gasteiger partial charge in [-0.15, -0.1) is 0 Å². The smallest absolute Gasteiger partial charge is 0.338 e. The Hall–Kier alpha value is -4.63. The molecule has 0 N–H and O–H groups in total. The predicted molar refractivity (Wildman–Crippen MR) is 181 cm³/mol. The van der Waals surface area contributed by atoms with Crippen LogP contribution in [0, 0.1) is 0 Å². The number of fused-ring (bicyclic) bond motifs is 1. The van der Waals surface area contributed by atoms with Crippen LogP contribution in [0.25, 0.3) is 11.8 Å². The molecule has 0 spiro atoms. The Labute approximate surface area is 279 Å². The van der Waals surface area contributed by atoms with E-state index < -0.39 is 12.0 Å². The molecule has 0 saturated heterocycles. The van der Waals surface area contributed by atoms with Crippen molar-refractivity contribution in [2.75, 3.05) is 13.7 Å². The van der Waals surface area contributed by atoms with E-state index in [2.05, 4.69) is 0 Å². The molecule has 0 aliphatic carbocycles. The molecule has 2 heterocycles. The number of ether oxygens (including phenoxy) is 3. The summed E-state index contributed by atoms with van der Waals surface area (Å²) in [7, 11) is 1.56. The number of para-hydroxylation sites is 1. The number of hydrogen-bond acceptors (Lipinski definition) is 7. The van der Waals surface area contributed by atoms with Gasteiger partial charge in [-0.3, -0.25) is 9.36 Å². The highest BCUT2D eigenvalue weighted by atomic mass is 35.5. The Morgan fingerprint density at radius 1 is 0.957 bits per heavy atom. The third-order valence-electron chi connectivity index (χ3n) is 7.37. The average Bonchev–Trinajstić information content (AvgIpc) is 3.39. The second kappa shape index (κ2) is 13.8. The van der Waals surface area contributed by atoms with Crippen LogP contribution in [0.4, 0.5) is 0 Å². The summed E-state index contributed by atoms with van der Waals surface area (Å²) in [5.41, 5.74) is 3.41. The quantitative estimate of drug-likeness (QED) is 0.161. The Kier molecular flexibility index (Phi) is 9.40. The fourth-order valence-corrected chi connectivity index (χ4v) is 6.59. The van der Waals surface area contributed by atoms with E-state index in [0.29, 0.717) is 47.7 Å². The molecule has 1 aromatic heterocycles. The van der Waals surface area contributed by atoms with Crippen LogP contribution in [-0.4, -0.2) is 24.3 Å². The molecule has 1 atom stereocenters. The fraction of sp³-hybridized carbons (Fsp3) is 0.139. The van der Waals surface area contributed by atoms with E-state index in [1.54, 1.807) is 42.9 Å². The van der Waals surface area contributed by atoms with Gasteiger partial charge in [0.05, 0.1) is 45.6 Å². The number of nitrogens with zero attached hydrogens (tertiary/aromatic N) is 2. The van der Waals surface area contributed by atoms with Gasteiger partial charge in [-0.25, -0.2) is 9.79 Å². The molecule has 0 saturated carbocycles. The van der Waals surface area contributed by atoms with E-state index in [1.165, 1.54) is 11.3 Å². The normalized spacial score (nSPS) is 14.4. The van der Waals surface area contributed by atoms with E-state index >= 15 is 0 Å². The van der Waals surface area contributed by atoms with Crippen LogP contribution in [0.3, 0.4) is 0 Å². The maximum atomic E-state index is 14.3. The molecule has 10 heteroatoms. The first-order valence-corrected chi connectivity index (χ1v) is 16.0. The number of esters is 1. The van der Waals surface area contributed by atoms with E-state index in [1.807, 2.05) is 78.9 Å². The average molecular weight is 672 g/mol. The van der Waals surface area contributed by atoms with Gasteiger partial charge >= 0.3 is 5.97 Å². The molecule has 0 unspecified atom stereocenters. The highest BCUT2D eigenvalue weighted by Gasteiger charge is 2.35. The third-order valence-corrected chi connectivity index (χ3v) is 9.09. The topological polar surface area (TPSA) is 79.1 Å². The van der Waals surface area contributed by atoms with Gasteiger partial charge in [-0.2, -0.15) is 0 Å². The number of methoxy groups -OCH3 is 1. The first kappa shape index (κ1) is 31.4. The number of rotatable bonds is 9. The zero-order valence-electron chi connectivity index (χ0n) is 24.9. The molecular weight excluding hydrogens is 643 g/mol. The van der Waals surface area contributed by atoms with Gasteiger partial charge < -0.3 is 14.2 Å².